The summed E-state index contributed by atoms with van der Waals surface area (Å²) >= 11 is 0. The Morgan fingerprint density at radius 2 is 1.82 bits per heavy atom. The van der Waals surface area contributed by atoms with Gasteiger partial charge in [-0.25, -0.2) is 4.79 Å². The van der Waals surface area contributed by atoms with Crippen LogP contribution in [0.5, 0.6) is 0 Å². The number of nitrogens with zero attached hydrogens (tertiary/aromatic N) is 1. The number of amides is 2. The van der Waals surface area contributed by atoms with Gasteiger partial charge in [0, 0.05) is 23.4 Å². The molecule has 1 atom stereocenters. The third-order valence-corrected chi connectivity index (χ3v) is 10.7. The minimum atomic E-state index is -1.73. The van der Waals surface area contributed by atoms with Gasteiger partial charge in [0.1, 0.15) is 5.84 Å². The van der Waals surface area contributed by atoms with Crippen molar-refractivity contribution in [1.29, 1.82) is 5.41 Å². The molecule has 180 valence electrons. The molecular weight excluding hydrogens is 436 g/mol. The van der Waals surface area contributed by atoms with E-state index >= 15 is 0 Å². The van der Waals surface area contributed by atoms with Crippen LogP contribution in [0.1, 0.15) is 38.4 Å². The van der Waals surface area contributed by atoms with Gasteiger partial charge in [-0.05, 0) is 32.3 Å². The number of nitrogens with one attached hydrogen (secondary N) is 2. The zero-order valence-electron chi connectivity index (χ0n) is 20.5. The third kappa shape index (κ3) is 4.70. The van der Waals surface area contributed by atoms with E-state index in [4.69, 9.17) is 20.6 Å². The Morgan fingerprint density at radius 3 is 2.33 bits per heavy atom. The van der Waals surface area contributed by atoms with E-state index in [-0.39, 0.29) is 29.9 Å². The maximum atomic E-state index is 13.2. The monoisotopic (exact) mass is 472 g/mol. The summed E-state index contributed by atoms with van der Waals surface area (Å²) in [5.74, 6) is -0.142. The standard InChI is InChI=1S/C24H36N4O4Si/c1-23(2)19(25)17(20(26)27-21(29)24(12-13-24)33(4,5)6)14-28(23)22(30)32-18(15-31-3)16-10-8-7-9-11-16/h7-11,18H,12-15,25H2,1-6H3,(H2,26,27,29). The lowest BCUT2D eigenvalue weighted by atomic mass is 10.0. The molecular formula is C24H36N4O4Si. The molecule has 0 bridgehead atoms. The van der Waals surface area contributed by atoms with Crippen molar-refractivity contribution < 1.29 is 19.1 Å². The van der Waals surface area contributed by atoms with Gasteiger partial charge in [0.05, 0.1) is 26.8 Å². The van der Waals surface area contributed by atoms with Crippen LogP contribution in [-0.4, -0.2) is 56.6 Å². The zero-order chi connectivity index (χ0) is 24.6. The van der Waals surface area contributed by atoms with Gasteiger partial charge in [-0.1, -0.05) is 50.0 Å². The summed E-state index contributed by atoms with van der Waals surface area (Å²) in [5, 5.41) is 11.0. The summed E-state index contributed by atoms with van der Waals surface area (Å²) in [6.45, 7) is 10.5. The minimum Gasteiger partial charge on any atom is -0.439 e. The molecule has 1 aliphatic carbocycles. The fourth-order valence-corrected chi connectivity index (χ4v) is 6.78. The fraction of sp³-hybridized carbons (Fsp3) is 0.542. The van der Waals surface area contributed by atoms with Crippen molar-refractivity contribution in [1.82, 2.24) is 10.2 Å². The van der Waals surface area contributed by atoms with Crippen LogP contribution < -0.4 is 11.1 Å². The second-order valence-corrected chi connectivity index (χ2v) is 15.9. The summed E-state index contributed by atoms with van der Waals surface area (Å²) in [5.41, 5.74) is 7.18. The lowest BCUT2D eigenvalue weighted by Gasteiger charge is -2.33. The average molecular weight is 473 g/mol. The summed E-state index contributed by atoms with van der Waals surface area (Å²) < 4.78 is 11.0. The molecule has 1 aromatic carbocycles. The first kappa shape index (κ1) is 25.0. The number of hydrogen-bond donors (Lipinski definition) is 3. The first-order valence-electron chi connectivity index (χ1n) is 11.3. The van der Waals surface area contributed by atoms with Gasteiger partial charge in [-0.15, -0.1) is 0 Å². The lowest BCUT2D eigenvalue weighted by Crippen LogP contribution is -2.47. The maximum Gasteiger partial charge on any atom is 0.411 e. The van der Waals surface area contributed by atoms with Crippen molar-refractivity contribution in [3.05, 3.63) is 47.2 Å². The highest BCUT2D eigenvalue weighted by Crippen LogP contribution is 2.60. The van der Waals surface area contributed by atoms with E-state index in [9.17, 15) is 9.59 Å². The highest BCUT2D eigenvalue weighted by molar-refractivity contribution is 6.83. The van der Waals surface area contributed by atoms with Gasteiger partial charge < -0.3 is 20.5 Å². The molecule has 1 aromatic rings. The number of nitrogens with two attached hydrogens (primary N) is 1. The molecule has 1 heterocycles. The number of methoxy groups -OCH3 is 1. The minimum absolute atomic E-state index is 0.0399. The normalized spacial score (nSPS) is 19.8. The highest BCUT2D eigenvalue weighted by atomic mass is 28.3. The molecule has 8 nitrogen and oxygen atoms in total. The van der Waals surface area contributed by atoms with Crippen molar-refractivity contribution in [3.63, 3.8) is 0 Å². The topological polar surface area (TPSA) is 118 Å². The summed E-state index contributed by atoms with van der Waals surface area (Å²) in [6, 6.07) is 9.40. The van der Waals surface area contributed by atoms with Crippen LogP contribution in [0.4, 0.5) is 4.79 Å². The number of ether oxygens (including phenoxy) is 2. The Kier molecular flexibility index (Phi) is 6.77. The Balaban J connectivity index is 1.73. The van der Waals surface area contributed by atoms with E-state index in [0.717, 1.165) is 18.4 Å². The predicted molar refractivity (Wildman–Crippen MR) is 131 cm³/mol. The van der Waals surface area contributed by atoms with Gasteiger partial charge in [0.15, 0.2) is 6.10 Å². The fourth-order valence-electron chi connectivity index (χ4n) is 4.42. The van der Waals surface area contributed by atoms with Crippen LogP contribution >= 0.6 is 0 Å². The zero-order valence-corrected chi connectivity index (χ0v) is 21.5. The SMILES string of the molecule is COCC(OC(=O)N1CC(C(=N)NC(=O)C2([Si](C)(C)C)CC2)=C(N)C1(C)C)c1ccccc1. The molecule has 4 N–H and O–H groups in total. The van der Waals surface area contributed by atoms with E-state index in [1.54, 1.807) is 7.11 Å². The molecule has 2 amide bonds. The Labute approximate surface area is 197 Å². The summed E-state index contributed by atoms with van der Waals surface area (Å²) in [6.07, 6.45) is 0.598. The highest BCUT2D eigenvalue weighted by Gasteiger charge is 2.59. The number of hydrogen-bond acceptors (Lipinski definition) is 6. The van der Waals surface area contributed by atoms with Crippen molar-refractivity contribution >= 4 is 25.9 Å². The molecule has 1 aliphatic heterocycles. The first-order valence-corrected chi connectivity index (χ1v) is 14.8. The Bertz CT molecular complexity index is 964. The Morgan fingerprint density at radius 1 is 1.21 bits per heavy atom. The Hall–Kier alpha value is -2.65. The molecule has 0 aromatic heterocycles. The number of carbonyl (C=O) groups excluding carboxylic acids is 2. The van der Waals surface area contributed by atoms with Crippen LogP contribution in [0.25, 0.3) is 0 Å². The quantitative estimate of drug-likeness (QED) is 0.317. The third-order valence-electron chi connectivity index (χ3n) is 7.09. The number of rotatable bonds is 7. The first-order chi connectivity index (χ1) is 15.3. The predicted octanol–water partition coefficient (Wildman–Crippen LogP) is 3.78. The molecule has 0 saturated heterocycles. The summed E-state index contributed by atoms with van der Waals surface area (Å²) in [4.78, 5) is 27.7. The van der Waals surface area contributed by atoms with E-state index in [1.807, 2.05) is 44.2 Å². The van der Waals surface area contributed by atoms with E-state index < -0.39 is 25.8 Å². The van der Waals surface area contributed by atoms with Crippen molar-refractivity contribution in [2.45, 2.75) is 63.0 Å². The van der Waals surface area contributed by atoms with Crippen molar-refractivity contribution in [2.24, 2.45) is 5.73 Å². The molecule has 3 rings (SSSR count). The smallest absolute Gasteiger partial charge is 0.411 e. The van der Waals surface area contributed by atoms with Gasteiger partial charge in [-0.3, -0.25) is 15.1 Å². The van der Waals surface area contributed by atoms with Gasteiger partial charge in [0.25, 0.3) is 0 Å². The molecule has 0 spiro atoms. The molecule has 1 fully saturated rings. The molecule has 9 heteroatoms. The van der Waals surface area contributed by atoms with E-state index in [1.165, 1.54) is 4.90 Å². The van der Waals surface area contributed by atoms with E-state index in [0.29, 0.717) is 11.3 Å². The van der Waals surface area contributed by atoms with E-state index in [2.05, 4.69) is 25.0 Å². The largest absolute Gasteiger partial charge is 0.439 e. The molecule has 33 heavy (non-hydrogen) atoms. The van der Waals surface area contributed by atoms with Gasteiger partial charge in [0.2, 0.25) is 5.91 Å². The number of amidine groups is 1. The number of carbonyl (C=O) groups is 2. The van der Waals surface area contributed by atoms with Gasteiger partial charge >= 0.3 is 6.09 Å². The molecule has 2 aliphatic rings. The second kappa shape index (κ2) is 8.94. The summed E-state index contributed by atoms with van der Waals surface area (Å²) in [7, 11) is -0.177. The van der Waals surface area contributed by atoms with Crippen molar-refractivity contribution in [2.75, 3.05) is 20.3 Å². The van der Waals surface area contributed by atoms with Crippen LogP contribution in [0.15, 0.2) is 41.6 Å². The van der Waals surface area contributed by atoms with Crippen LogP contribution in [0.3, 0.4) is 0 Å². The molecule has 0 radical (unpaired) electrons. The van der Waals surface area contributed by atoms with Crippen molar-refractivity contribution in [3.8, 4) is 0 Å². The van der Waals surface area contributed by atoms with Crippen LogP contribution in [0.2, 0.25) is 24.7 Å². The van der Waals surface area contributed by atoms with Gasteiger partial charge in [-0.2, -0.15) is 0 Å². The molecule has 1 unspecified atom stereocenters. The second-order valence-electron chi connectivity index (χ2n) is 10.4. The molecule has 1 saturated carbocycles. The average Bonchev–Trinajstić information content (AvgIpc) is 3.52. The van der Waals surface area contributed by atoms with Crippen LogP contribution in [0, 0.1) is 5.41 Å². The van der Waals surface area contributed by atoms with Crippen LogP contribution in [-0.2, 0) is 14.3 Å². The maximum absolute atomic E-state index is 13.2. The lowest BCUT2D eigenvalue weighted by molar-refractivity contribution is -0.120. The number of benzene rings is 1.